The third-order valence-corrected chi connectivity index (χ3v) is 4.80. The predicted molar refractivity (Wildman–Crippen MR) is 79.0 cm³/mol. The lowest BCUT2D eigenvalue weighted by Gasteiger charge is -2.44. The Kier molecular flexibility index (Phi) is 3.42. The van der Waals surface area contributed by atoms with E-state index in [4.69, 9.17) is 10.5 Å². The van der Waals surface area contributed by atoms with Gasteiger partial charge in [-0.15, -0.1) is 0 Å². The van der Waals surface area contributed by atoms with Crippen molar-refractivity contribution in [1.29, 1.82) is 0 Å². The van der Waals surface area contributed by atoms with E-state index in [0.717, 1.165) is 50.1 Å². The van der Waals surface area contributed by atoms with E-state index in [2.05, 4.69) is 6.07 Å². The molecule has 1 aromatic rings. The largest absolute Gasteiger partial charge is 0.495 e. The molecule has 0 aromatic heterocycles. The van der Waals surface area contributed by atoms with Crippen molar-refractivity contribution in [2.24, 2.45) is 11.1 Å². The van der Waals surface area contributed by atoms with Crippen molar-refractivity contribution in [3.8, 4) is 5.75 Å². The van der Waals surface area contributed by atoms with Crippen molar-refractivity contribution in [2.45, 2.75) is 32.1 Å². The van der Waals surface area contributed by atoms with Gasteiger partial charge in [-0.2, -0.15) is 0 Å². The standard InChI is InChI=1S/C16H22N2O2/c1-20-13-7-2-5-12-6-3-10-18(14(12)13)15(19)16(11-17)8-4-9-16/h2,5,7H,3-4,6,8-11,17H2,1H3. The predicted octanol–water partition coefficient (Wildman–Crippen LogP) is 2.10. The molecule has 0 atom stereocenters. The summed E-state index contributed by atoms with van der Waals surface area (Å²) in [6.07, 6.45) is 4.96. The van der Waals surface area contributed by atoms with Crippen LogP contribution in [0, 0.1) is 5.41 Å². The van der Waals surface area contributed by atoms with Gasteiger partial charge in [0.2, 0.25) is 5.91 Å². The van der Waals surface area contributed by atoms with Crippen molar-refractivity contribution in [3.63, 3.8) is 0 Å². The van der Waals surface area contributed by atoms with Gasteiger partial charge in [-0.3, -0.25) is 4.79 Å². The summed E-state index contributed by atoms with van der Waals surface area (Å²) in [5.41, 5.74) is 7.73. The molecule has 1 amide bonds. The number of anilines is 1. The molecule has 2 aliphatic rings. The quantitative estimate of drug-likeness (QED) is 0.918. The lowest BCUT2D eigenvalue weighted by molar-refractivity contribution is -0.132. The molecule has 0 radical (unpaired) electrons. The molecule has 1 aromatic carbocycles. The monoisotopic (exact) mass is 274 g/mol. The zero-order valence-electron chi connectivity index (χ0n) is 12.0. The number of carbonyl (C=O) groups is 1. The van der Waals surface area contributed by atoms with Crippen LogP contribution in [0.25, 0.3) is 0 Å². The summed E-state index contributed by atoms with van der Waals surface area (Å²) in [6.45, 7) is 1.22. The highest BCUT2D eigenvalue weighted by molar-refractivity contribution is 6.00. The zero-order chi connectivity index (χ0) is 14.2. The van der Waals surface area contributed by atoms with E-state index in [1.54, 1.807) is 7.11 Å². The van der Waals surface area contributed by atoms with Crippen LogP contribution in [0.4, 0.5) is 5.69 Å². The van der Waals surface area contributed by atoms with Gasteiger partial charge in [0.05, 0.1) is 18.2 Å². The minimum absolute atomic E-state index is 0.191. The number of ether oxygens (including phenoxy) is 1. The summed E-state index contributed by atoms with van der Waals surface area (Å²) in [5.74, 6) is 0.985. The highest BCUT2D eigenvalue weighted by Crippen LogP contribution is 2.45. The summed E-state index contributed by atoms with van der Waals surface area (Å²) in [5, 5.41) is 0. The zero-order valence-corrected chi connectivity index (χ0v) is 12.0. The van der Waals surface area contributed by atoms with Gasteiger partial charge < -0.3 is 15.4 Å². The molecule has 0 spiro atoms. The van der Waals surface area contributed by atoms with Crippen molar-refractivity contribution in [3.05, 3.63) is 23.8 Å². The molecule has 4 heteroatoms. The molecule has 108 valence electrons. The third kappa shape index (κ3) is 1.90. The van der Waals surface area contributed by atoms with E-state index in [9.17, 15) is 4.79 Å². The SMILES string of the molecule is COc1cccc2c1N(C(=O)C1(CN)CCC1)CCC2. The van der Waals surface area contributed by atoms with Gasteiger partial charge in [-0.05, 0) is 37.3 Å². The van der Waals surface area contributed by atoms with Gasteiger partial charge in [0.15, 0.2) is 0 Å². The van der Waals surface area contributed by atoms with Crippen LogP contribution in [0.3, 0.4) is 0 Å². The maximum absolute atomic E-state index is 13.0. The minimum atomic E-state index is -0.324. The number of benzene rings is 1. The Morgan fingerprint density at radius 3 is 2.80 bits per heavy atom. The Morgan fingerprint density at radius 2 is 2.20 bits per heavy atom. The van der Waals surface area contributed by atoms with Crippen molar-refractivity contribution >= 4 is 11.6 Å². The summed E-state index contributed by atoms with van der Waals surface area (Å²) in [6, 6.07) is 6.02. The van der Waals surface area contributed by atoms with Crippen molar-refractivity contribution < 1.29 is 9.53 Å². The molecule has 20 heavy (non-hydrogen) atoms. The number of hydrogen-bond acceptors (Lipinski definition) is 3. The van der Waals surface area contributed by atoms with Gasteiger partial charge in [-0.25, -0.2) is 0 Å². The number of amides is 1. The van der Waals surface area contributed by atoms with E-state index >= 15 is 0 Å². The Labute approximate surface area is 119 Å². The smallest absolute Gasteiger partial charge is 0.234 e. The lowest BCUT2D eigenvalue weighted by Crippen LogP contribution is -2.53. The number of nitrogens with zero attached hydrogens (tertiary/aromatic N) is 1. The van der Waals surface area contributed by atoms with Gasteiger partial charge in [0, 0.05) is 13.1 Å². The van der Waals surface area contributed by atoms with E-state index < -0.39 is 0 Å². The number of fused-ring (bicyclic) bond motifs is 1. The molecule has 0 saturated heterocycles. The van der Waals surface area contributed by atoms with Gasteiger partial charge in [-0.1, -0.05) is 18.6 Å². The van der Waals surface area contributed by atoms with Crippen LogP contribution in [0.15, 0.2) is 18.2 Å². The first-order valence-corrected chi connectivity index (χ1v) is 7.40. The van der Waals surface area contributed by atoms with Crippen LogP contribution in [0.5, 0.6) is 5.75 Å². The lowest BCUT2D eigenvalue weighted by atomic mass is 9.67. The molecule has 1 aliphatic carbocycles. The summed E-state index contributed by atoms with van der Waals surface area (Å²) in [7, 11) is 1.66. The molecule has 2 N–H and O–H groups in total. The average Bonchev–Trinajstić information content (AvgIpc) is 2.45. The third-order valence-electron chi connectivity index (χ3n) is 4.80. The second-order valence-corrected chi connectivity index (χ2v) is 5.87. The minimum Gasteiger partial charge on any atom is -0.495 e. The maximum Gasteiger partial charge on any atom is 0.234 e. The second-order valence-electron chi connectivity index (χ2n) is 5.87. The van der Waals surface area contributed by atoms with Crippen LogP contribution in [0.1, 0.15) is 31.2 Å². The highest BCUT2D eigenvalue weighted by Gasteiger charge is 2.46. The number of methoxy groups -OCH3 is 1. The van der Waals surface area contributed by atoms with Gasteiger partial charge in [0.1, 0.15) is 5.75 Å². The van der Waals surface area contributed by atoms with E-state index in [1.807, 2.05) is 17.0 Å². The Bertz CT molecular complexity index is 503. The normalized spacial score (nSPS) is 20.0. The average molecular weight is 274 g/mol. The Hall–Kier alpha value is -1.55. The number of carbonyl (C=O) groups excluding carboxylic acids is 1. The highest BCUT2D eigenvalue weighted by atomic mass is 16.5. The fourth-order valence-corrected chi connectivity index (χ4v) is 3.38. The topological polar surface area (TPSA) is 55.6 Å². The van der Waals surface area contributed by atoms with E-state index in [1.165, 1.54) is 5.56 Å². The Balaban J connectivity index is 1.99. The molecule has 4 nitrogen and oxygen atoms in total. The van der Waals surface area contributed by atoms with Crippen molar-refractivity contribution in [2.75, 3.05) is 25.1 Å². The summed E-state index contributed by atoms with van der Waals surface area (Å²) in [4.78, 5) is 14.9. The first kappa shape index (κ1) is 13.4. The van der Waals surface area contributed by atoms with Gasteiger partial charge in [0.25, 0.3) is 0 Å². The molecule has 1 heterocycles. The summed E-state index contributed by atoms with van der Waals surface area (Å²) < 4.78 is 5.47. The van der Waals surface area contributed by atoms with E-state index in [-0.39, 0.29) is 11.3 Å². The fraction of sp³-hybridized carbons (Fsp3) is 0.562. The van der Waals surface area contributed by atoms with Crippen LogP contribution in [-0.2, 0) is 11.2 Å². The number of nitrogens with two attached hydrogens (primary N) is 1. The van der Waals surface area contributed by atoms with E-state index in [0.29, 0.717) is 6.54 Å². The number of hydrogen-bond donors (Lipinski definition) is 1. The molecule has 0 unspecified atom stereocenters. The Morgan fingerprint density at radius 1 is 1.40 bits per heavy atom. The summed E-state index contributed by atoms with van der Waals surface area (Å²) >= 11 is 0. The number of para-hydroxylation sites is 1. The number of rotatable bonds is 3. The molecular weight excluding hydrogens is 252 g/mol. The number of aryl methyl sites for hydroxylation is 1. The molecule has 0 bridgehead atoms. The maximum atomic E-state index is 13.0. The molecule has 1 aliphatic heterocycles. The van der Waals surface area contributed by atoms with Crippen LogP contribution in [0.2, 0.25) is 0 Å². The molecular formula is C16H22N2O2. The molecule has 1 saturated carbocycles. The molecule has 1 fully saturated rings. The van der Waals surface area contributed by atoms with Crippen LogP contribution in [-0.4, -0.2) is 26.1 Å². The first-order chi connectivity index (χ1) is 9.72. The van der Waals surface area contributed by atoms with Crippen LogP contribution < -0.4 is 15.4 Å². The second kappa shape index (κ2) is 5.09. The fourth-order valence-electron chi connectivity index (χ4n) is 3.38. The first-order valence-electron chi connectivity index (χ1n) is 7.40. The van der Waals surface area contributed by atoms with Crippen molar-refractivity contribution in [1.82, 2.24) is 0 Å². The molecule has 3 rings (SSSR count). The van der Waals surface area contributed by atoms with Gasteiger partial charge >= 0.3 is 0 Å². The van der Waals surface area contributed by atoms with Crippen LogP contribution >= 0.6 is 0 Å².